The molecule has 4 heteroatoms. The molecule has 0 aliphatic heterocycles. The molecule has 0 unspecified atom stereocenters. The fraction of sp³-hybridized carbons (Fsp3) is 0.667. The normalized spacial score (nSPS) is 10.5. The van der Waals surface area contributed by atoms with Crippen molar-refractivity contribution in [1.82, 2.24) is 4.98 Å². The highest BCUT2D eigenvalue weighted by atomic mass is 19.1. The van der Waals surface area contributed by atoms with Crippen molar-refractivity contribution in [2.45, 2.75) is 52.4 Å². The number of aromatic nitrogens is 1. The summed E-state index contributed by atoms with van der Waals surface area (Å²) in [4.78, 5) is 4.27. The van der Waals surface area contributed by atoms with Gasteiger partial charge in [-0.1, -0.05) is 39.5 Å². The van der Waals surface area contributed by atoms with Crippen LogP contribution in [0.4, 0.5) is 16.0 Å². The first kappa shape index (κ1) is 15.7. The van der Waals surface area contributed by atoms with Gasteiger partial charge in [0.2, 0.25) is 0 Å². The Hall–Kier alpha value is -1.32. The number of nitrogens with one attached hydrogen (secondary N) is 2. The maximum absolute atomic E-state index is 13.6. The highest BCUT2D eigenvalue weighted by molar-refractivity contribution is 5.46. The summed E-state index contributed by atoms with van der Waals surface area (Å²) in [5, 5.41) is 6.29. The van der Waals surface area contributed by atoms with E-state index >= 15 is 0 Å². The van der Waals surface area contributed by atoms with Gasteiger partial charge >= 0.3 is 0 Å². The van der Waals surface area contributed by atoms with Crippen LogP contribution in [0.2, 0.25) is 0 Å². The van der Waals surface area contributed by atoms with Crippen LogP contribution in [0, 0.1) is 5.82 Å². The summed E-state index contributed by atoms with van der Waals surface area (Å²) in [5.74, 6) is 0.822. The van der Waals surface area contributed by atoms with Gasteiger partial charge in [0.25, 0.3) is 0 Å². The third-order valence-corrected chi connectivity index (χ3v) is 3.01. The fourth-order valence-electron chi connectivity index (χ4n) is 1.84. The first-order valence-electron chi connectivity index (χ1n) is 7.42. The van der Waals surface area contributed by atoms with Crippen molar-refractivity contribution in [2.24, 2.45) is 0 Å². The Morgan fingerprint density at radius 2 is 1.58 bits per heavy atom. The van der Waals surface area contributed by atoms with Crippen LogP contribution in [-0.4, -0.2) is 18.1 Å². The molecule has 0 bridgehead atoms. The molecule has 0 spiro atoms. The third-order valence-electron chi connectivity index (χ3n) is 3.01. The van der Waals surface area contributed by atoms with Crippen LogP contribution in [0.1, 0.15) is 52.4 Å². The zero-order valence-corrected chi connectivity index (χ0v) is 12.1. The predicted molar refractivity (Wildman–Crippen MR) is 80.2 cm³/mol. The molecule has 1 aromatic rings. The van der Waals surface area contributed by atoms with Crippen LogP contribution in [0.15, 0.2) is 12.1 Å². The van der Waals surface area contributed by atoms with Gasteiger partial charge in [0.1, 0.15) is 5.82 Å². The van der Waals surface area contributed by atoms with Crippen molar-refractivity contribution in [3.05, 3.63) is 17.9 Å². The molecular weight excluding hydrogens is 241 g/mol. The third kappa shape index (κ3) is 6.41. The highest BCUT2D eigenvalue weighted by Crippen LogP contribution is 2.15. The lowest BCUT2D eigenvalue weighted by atomic mass is 10.2. The van der Waals surface area contributed by atoms with Gasteiger partial charge in [-0.05, 0) is 25.0 Å². The van der Waals surface area contributed by atoms with Crippen LogP contribution >= 0.6 is 0 Å². The predicted octanol–water partition coefficient (Wildman–Crippen LogP) is 4.42. The molecular formula is C15H26FN3. The summed E-state index contributed by atoms with van der Waals surface area (Å²) < 4.78 is 13.6. The van der Waals surface area contributed by atoms with E-state index in [1.54, 1.807) is 6.07 Å². The Balaban J connectivity index is 2.42. The zero-order chi connectivity index (χ0) is 13.9. The van der Waals surface area contributed by atoms with Gasteiger partial charge in [0, 0.05) is 13.1 Å². The van der Waals surface area contributed by atoms with Gasteiger partial charge in [-0.3, -0.25) is 0 Å². The standard InChI is InChI=1S/C15H26FN3/c1-3-5-7-11-17-14-10-9-13(16)15(19-14)18-12-8-6-4-2/h9-10H,3-8,11-12H2,1-2H3,(H2,17,18,19). The molecule has 19 heavy (non-hydrogen) atoms. The maximum atomic E-state index is 13.6. The molecule has 0 aliphatic carbocycles. The van der Waals surface area contributed by atoms with E-state index in [2.05, 4.69) is 29.5 Å². The summed E-state index contributed by atoms with van der Waals surface area (Å²) in [5.41, 5.74) is 0. The molecule has 0 atom stereocenters. The second-order valence-electron chi connectivity index (χ2n) is 4.79. The van der Waals surface area contributed by atoms with E-state index in [1.807, 2.05) is 0 Å². The van der Waals surface area contributed by atoms with Crippen molar-refractivity contribution in [3.63, 3.8) is 0 Å². The molecule has 108 valence electrons. The summed E-state index contributed by atoms with van der Waals surface area (Å²) in [6, 6.07) is 3.16. The smallest absolute Gasteiger partial charge is 0.165 e. The van der Waals surface area contributed by atoms with E-state index in [1.165, 1.54) is 18.9 Å². The van der Waals surface area contributed by atoms with Crippen molar-refractivity contribution in [2.75, 3.05) is 23.7 Å². The lowest BCUT2D eigenvalue weighted by molar-refractivity contribution is 0.622. The molecule has 0 radical (unpaired) electrons. The molecule has 0 aliphatic rings. The fourth-order valence-corrected chi connectivity index (χ4v) is 1.84. The van der Waals surface area contributed by atoms with Crippen molar-refractivity contribution in [1.29, 1.82) is 0 Å². The lowest BCUT2D eigenvalue weighted by Gasteiger charge is -2.10. The summed E-state index contributed by atoms with van der Waals surface area (Å²) in [6.45, 7) is 5.99. The SMILES string of the molecule is CCCCCNc1ccc(F)c(NCCCCC)n1. The molecule has 0 amide bonds. The largest absolute Gasteiger partial charge is 0.370 e. The number of rotatable bonds is 10. The van der Waals surface area contributed by atoms with E-state index < -0.39 is 0 Å². The van der Waals surface area contributed by atoms with Gasteiger partial charge in [-0.15, -0.1) is 0 Å². The Morgan fingerprint density at radius 3 is 2.21 bits per heavy atom. The van der Waals surface area contributed by atoms with E-state index in [0.29, 0.717) is 5.82 Å². The molecule has 0 saturated carbocycles. The number of halogens is 1. The average molecular weight is 267 g/mol. The van der Waals surface area contributed by atoms with Crippen LogP contribution in [0.5, 0.6) is 0 Å². The Kier molecular flexibility index (Phi) is 7.94. The highest BCUT2D eigenvalue weighted by Gasteiger charge is 2.04. The van der Waals surface area contributed by atoms with Crippen molar-refractivity contribution in [3.8, 4) is 0 Å². The monoisotopic (exact) mass is 267 g/mol. The number of unbranched alkanes of at least 4 members (excludes halogenated alkanes) is 4. The topological polar surface area (TPSA) is 37.0 Å². The number of anilines is 2. The minimum atomic E-state index is -0.282. The van der Waals surface area contributed by atoms with E-state index in [4.69, 9.17) is 0 Å². The van der Waals surface area contributed by atoms with Crippen LogP contribution in [0.25, 0.3) is 0 Å². The number of hydrogen-bond acceptors (Lipinski definition) is 3. The van der Waals surface area contributed by atoms with Crippen LogP contribution in [-0.2, 0) is 0 Å². The molecule has 1 heterocycles. The van der Waals surface area contributed by atoms with Gasteiger partial charge in [-0.25, -0.2) is 9.37 Å². The Labute approximate surface area is 116 Å². The molecule has 0 aromatic carbocycles. The zero-order valence-electron chi connectivity index (χ0n) is 12.1. The number of pyridine rings is 1. The second-order valence-corrected chi connectivity index (χ2v) is 4.79. The molecule has 1 aromatic heterocycles. The number of hydrogen-bond donors (Lipinski definition) is 2. The van der Waals surface area contributed by atoms with Gasteiger partial charge in [0.05, 0.1) is 0 Å². The van der Waals surface area contributed by atoms with Crippen LogP contribution in [0.3, 0.4) is 0 Å². The lowest BCUT2D eigenvalue weighted by Crippen LogP contribution is -2.08. The van der Waals surface area contributed by atoms with Crippen LogP contribution < -0.4 is 10.6 Å². The van der Waals surface area contributed by atoms with Crippen molar-refractivity contribution < 1.29 is 4.39 Å². The number of nitrogens with zero attached hydrogens (tertiary/aromatic N) is 1. The molecule has 2 N–H and O–H groups in total. The first-order chi connectivity index (χ1) is 9.27. The molecule has 0 saturated heterocycles. The quantitative estimate of drug-likeness (QED) is 0.616. The molecule has 0 fully saturated rings. The van der Waals surface area contributed by atoms with Gasteiger partial charge in [-0.2, -0.15) is 0 Å². The summed E-state index contributed by atoms with van der Waals surface area (Å²) in [7, 11) is 0. The van der Waals surface area contributed by atoms with E-state index in [9.17, 15) is 4.39 Å². The van der Waals surface area contributed by atoms with Gasteiger partial charge in [0.15, 0.2) is 11.6 Å². The molecule has 3 nitrogen and oxygen atoms in total. The molecule has 1 rings (SSSR count). The summed E-state index contributed by atoms with van der Waals surface area (Å²) in [6.07, 6.45) is 6.89. The average Bonchev–Trinajstić information content (AvgIpc) is 2.42. The van der Waals surface area contributed by atoms with E-state index in [0.717, 1.165) is 44.6 Å². The Morgan fingerprint density at radius 1 is 0.947 bits per heavy atom. The minimum absolute atomic E-state index is 0.282. The second kappa shape index (κ2) is 9.59. The van der Waals surface area contributed by atoms with E-state index in [-0.39, 0.29) is 5.82 Å². The summed E-state index contributed by atoms with van der Waals surface area (Å²) >= 11 is 0. The Bertz CT molecular complexity index is 355. The maximum Gasteiger partial charge on any atom is 0.165 e. The first-order valence-corrected chi connectivity index (χ1v) is 7.42. The van der Waals surface area contributed by atoms with Crippen molar-refractivity contribution >= 4 is 11.6 Å². The van der Waals surface area contributed by atoms with Gasteiger partial charge < -0.3 is 10.6 Å². The minimum Gasteiger partial charge on any atom is -0.370 e.